The van der Waals surface area contributed by atoms with E-state index in [4.69, 9.17) is 0 Å². The van der Waals surface area contributed by atoms with Gasteiger partial charge in [0.25, 0.3) is 5.91 Å². The van der Waals surface area contributed by atoms with E-state index >= 15 is 0 Å². The fourth-order valence-electron chi connectivity index (χ4n) is 2.71. The summed E-state index contributed by atoms with van der Waals surface area (Å²) in [6.07, 6.45) is 5.29. The van der Waals surface area contributed by atoms with Crippen molar-refractivity contribution in [2.45, 2.75) is 46.1 Å². The smallest absolute Gasteiger partial charge is 0.300 e. The van der Waals surface area contributed by atoms with Crippen molar-refractivity contribution in [1.82, 2.24) is 14.3 Å². The van der Waals surface area contributed by atoms with Gasteiger partial charge in [-0.3, -0.25) is 9.48 Å². The Morgan fingerprint density at radius 3 is 2.80 bits per heavy atom. The minimum atomic E-state index is -0.298. The van der Waals surface area contributed by atoms with E-state index in [-0.39, 0.29) is 11.9 Å². The number of unbranched alkanes of at least 4 members (excludes halogenated alkanes) is 1. The number of carbonyl (C=O) groups is 1. The number of benzene rings is 1. The molecule has 3 rings (SSSR count). The second-order valence-electron chi connectivity index (χ2n) is 6.54. The molecule has 0 saturated heterocycles. The van der Waals surface area contributed by atoms with E-state index in [1.807, 2.05) is 31.7 Å². The molecule has 1 aromatic carbocycles. The number of rotatable bonds is 5. The predicted molar refractivity (Wildman–Crippen MR) is 102 cm³/mol. The van der Waals surface area contributed by atoms with Crippen molar-refractivity contribution in [3.05, 3.63) is 46.5 Å². The highest BCUT2D eigenvalue weighted by molar-refractivity contribution is 7.16. The SMILES string of the molecule is CCCCc1ccc2c(c1)sc(=NC(=O)c1ccn(C(C)C)n1)n2C. The van der Waals surface area contributed by atoms with Crippen LogP contribution in [0.15, 0.2) is 35.5 Å². The number of carbonyl (C=O) groups excluding carboxylic acids is 1. The molecule has 0 N–H and O–H groups in total. The van der Waals surface area contributed by atoms with Crippen LogP contribution in [-0.4, -0.2) is 20.3 Å². The number of thiazole rings is 1. The zero-order chi connectivity index (χ0) is 18.0. The van der Waals surface area contributed by atoms with Crippen LogP contribution in [0.3, 0.4) is 0 Å². The maximum absolute atomic E-state index is 12.4. The lowest BCUT2D eigenvalue weighted by Gasteiger charge is -2.02. The van der Waals surface area contributed by atoms with E-state index in [2.05, 4.69) is 35.2 Å². The molecule has 0 aliphatic carbocycles. The van der Waals surface area contributed by atoms with Crippen molar-refractivity contribution in [3.8, 4) is 0 Å². The van der Waals surface area contributed by atoms with Gasteiger partial charge in [0, 0.05) is 19.3 Å². The topological polar surface area (TPSA) is 52.2 Å². The number of amides is 1. The molecule has 0 bridgehead atoms. The maximum atomic E-state index is 12.4. The molecular weight excluding hydrogens is 332 g/mol. The number of hydrogen-bond donors (Lipinski definition) is 0. The molecule has 0 saturated carbocycles. The van der Waals surface area contributed by atoms with E-state index in [1.165, 1.54) is 18.4 Å². The van der Waals surface area contributed by atoms with Crippen LogP contribution in [0, 0.1) is 0 Å². The largest absolute Gasteiger partial charge is 0.319 e. The number of aryl methyl sites for hydroxylation is 2. The Morgan fingerprint density at radius 2 is 2.12 bits per heavy atom. The molecule has 0 aliphatic heterocycles. The molecule has 2 aromatic heterocycles. The van der Waals surface area contributed by atoms with Crippen molar-refractivity contribution < 1.29 is 4.79 Å². The summed E-state index contributed by atoms with van der Waals surface area (Å²) < 4.78 is 4.91. The van der Waals surface area contributed by atoms with Crippen LogP contribution in [-0.2, 0) is 13.5 Å². The second kappa shape index (κ2) is 7.35. The van der Waals surface area contributed by atoms with E-state index in [9.17, 15) is 4.79 Å². The molecule has 25 heavy (non-hydrogen) atoms. The first-order chi connectivity index (χ1) is 12.0. The molecule has 2 heterocycles. The Bertz CT molecular complexity index is 961. The number of fused-ring (bicyclic) bond motifs is 1. The summed E-state index contributed by atoms with van der Waals surface area (Å²) in [4.78, 5) is 17.4. The number of hydrogen-bond acceptors (Lipinski definition) is 3. The Morgan fingerprint density at radius 1 is 1.32 bits per heavy atom. The third-order valence-corrected chi connectivity index (χ3v) is 5.34. The average Bonchev–Trinajstić information content (AvgIpc) is 3.19. The van der Waals surface area contributed by atoms with Crippen molar-refractivity contribution >= 4 is 27.5 Å². The fourth-order valence-corrected chi connectivity index (χ4v) is 3.79. The first kappa shape index (κ1) is 17.6. The lowest BCUT2D eigenvalue weighted by molar-refractivity contribution is 0.0992. The maximum Gasteiger partial charge on any atom is 0.300 e. The Labute approximate surface area is 151 Å². The Balaban J connectivity index is 1.94. The molecule has 0 spiro atoms. The molecule has 6 heteroatoms. The van der Waals surface area contributed by atoms with Crippen LogP contribution >= 0.6 is 11.3 Å². The first-order valence-electron chi connectivity index (χ1n) is 8.72. The fraction of sp³-hybridized carbons (Fsp3) is 0.421. The molecule has 0 atom stereocenters. The highest BCUT2D eigenvalue weighted by Gasteiger charge is 2.11. The monoisotopic (exact) mass is 356 g/mol. The van der Waals surface area contributed by atoms with E-state index in [0.29, 0.717) is 10.5 Å². The molecule has 0 fully saturated rings. The third-order valence-electron chi connectivity index (χ3n) is 4.25. The molecule has 5 nitrogen and oxygen atoms in total. The van der Waals surface area contributed by atoms with Crippen LogP contribution in [0.5, 0.6) is 0 Å². The van der Waals surface area contributed by atoms with Gasteiger partial charge in [0.2, 0.25) is 0 Å². The predicted octanol–water partition coefficient (Wildman–Crippen LogP) is 4.10. The van der Waals surface area contributed by atoms with Crippen LogP contribution in [0.4, 0.5) is 0 Å². The molecular formula is C19H24N4OS. The normalized spacial score (nSPS) is 12.4. The zero-order valence-electron chi connectivity index (χ0n) is 15.2. The van der Waals surface area contributed by atoms with Crippen molar-refractivity contribution in [1.29, 1.82) is 0 Å². The minimum Gasteiger partial charge on any atom is -0.319 e. The van der Waals surface area contributed by atoms with Gasteiger partial charge in [0.1, 0.15) is 0 Å². The summed E-state index contributed by atoms with van der Waals surface area (Å²) in [6.45, 7) is 6.26. The zero-order valence-corrected chi connectivity index (χ0v) is 16.0. The second-order valence-corrected chi connectivity index (χ2v) is 7.55. The lowest BCUT2D eigenvalue weighted by atomic mass is 10.1. The van der Waals surface area contributed by atoms with Gasteiger partial charge in [-0.2, -0.15) is 10.1 Å². The van der Waals surface area contributed by atoms with Gasteiger partial charge in [-0.25, -0.2) is 0 Å². The molecule has 0 radical (unpaired) electrons. The van der Waals surface area contributed by atoms with Gasteiger partial charge in [-0.05, 0) is 50.5 Å². The summed E-state index contributed by atoms with van der Waals surface area (Å²) in [5.41, 5.74) is 2.82. The van der Waals surface area contributed by atoms with Crippen molar-refractivity contribution in [2.24, 2.45) is 12.0 Å². The molecule has 3 aromatic rings. The summed E-state index contributed by atoms with van der Waals surface area (Å²) in [5, 5.41) is 4.31. The van der Waals surface area contributed by atoms with Crippen LogP contribution in [0.25, 0.3) is 10.2 Å². The lowest BCUT2D eigenvalue weighted by Crippen LogP contribution is -2.14. The third kappa shape index (κ3) is 3.74. The van der Waals surface area contributed by atoms with Gasteiger partial charge in [0.15, 0.2) is 10.5 Å². The van der Waals surface area contributed by atoms with Gasteiger partial charge in [-0.1, -0.05) is 30.7 Å². The van der Waals surface area contributed by atoms with E-state index in [0.717, 1.165) is 16.6 Å². The van der Waals surface area contributed by atoms with E-state index < -0.39 is 0 Å². The van der Waals surface area contributed by atoms with Crippen LogP contribution in [0.2, 0.25) is 0 Å². The minimum absolute atomic E-state index is 0.225. The molecule has 1 amide bonds. The summed E-state index contributed by atoms with van der Waals surface area (Å²) in [6, 6.07) is 8.45. The summed E-state index contributed by atoms with van der Waals surface area (Å²) in [7, 11) is 1.95. The number of nitrogens with zero attached hydrogens (tertiary/aromatic N) is 4. The van der Waals surface area contributed by atoms with Gasteiger partial charge in [-0.15, -0.1) is 0 Å². The van der Waals surface area contributed by atoms with Crippen LogP contribution in [0.1, 0.15) is 55.7 Å². The number of aromatic nitrogens is 3. The standard InChI is InChI=1S/C19H24N4OS/c1-5-6-7-14-8-9-16-17(12-14)25-19(22(16)4)20-18(24)15-10-11-23(21-15)13(2)3/h8-13H,5-7H2,1-4H3. The van der Waals surface area contributed by atoms with Gasteiger partial charge >= 0.3 is 0 Å². The highest BCUT2D eigenvalue weighted by atomic mass is 32.1. The highest BCUT2D eigenvalue weighted by Crippen LogP contribution is 2.19. The molecule has 0 aliphatic rings. The van der Waals surface area contributed by atoms with Crippen molar-refractivity contribution in [3.63, 3.8) is 0 Å². The van der Waals surface area contributed by atoms with Crippen LogP contribution < -0.4 is 4.80 Å². The molecule has 132 valence electrons. The van der Waals surface area contributed by atoms with Gasteiger partial charge < -0.3 is 4.57 Å². The summed E-state index contributed by atoms with van der Waals surface area (Å²) in [5.74, 6) is -0.298. The Kier molecular flexibility index (Phi) is 5.18. The summed E-state index contributed by atoms with van der Waals surface area (Å²) >= 11 is 1.55. The Hall–Kier alpha value is -2.21. The quantitative estimate of drug-likeness (QED) is 0.691. The van der Waals surface area contributed by atoms with Crippen molar-refractivity contribution in [2.75, 3.05) is 0 Å². The van der Waals surface area contributed by atoms with Gasteiger partial charge in [0.05, 0.1) is 10.2 Å². The first-order valence-corrected chi connectivity index (χ1v) is 9.54. The molecule has 0 unspecified atom stereocenters. The average molecular weight is 356 g/mol. The van der Waals surface area contributed by atoms with E-state index in [1.54, 1.807) is 22.1 Å².